The molecule has 1 fully saturated rings. The van der Waals surface area contributed by atoms with E-state index in [1.807, 2.05) is 11.8 Å². The lowest BCUT2D eigenvalue weighted by Gasteiger charge is -2.36. The summed E-state index contributed by atoms with van der Waals surface area (Å²) in [6.45, 7) is 7.04. The molecule has 0 aromatic carbocycles. The first kappa shape index (κ1) is 14.8. The lowest BCUT2D eigenvalue weighted by Crippen LogP contribution is -2.47. The fourth-order valence-corrected chi connectivity index (χ4v) is 2.73. The van der Waals surface area contributed by atoms with Gasteiger partial charge in [-0.05, 0) is 50.3 Å². The largest absolute Gasteiger partial charge is 0.356 e. The molecule has 1 rings (SSSR count). The maximum atomic E-state index is 12.2. The number of carbonyl (C=O) groups excluding carboxylic acids is 1. The molecule has 1 heterocycles. The topological polar surface area (TPSA) is 41.1 Å². The van der Waals surface area contributed by atoms with Crippen molar-refractivity contribution >= 4 is 17.7 Å². The summed E-state index contributed by atoms with van der Waals surface area (Å²) in [4.78, 5) is 12.2. The van der Waals surface area contributed by atoms with Gasteiger partial charge >= 0.3 is 0 Å². The van der Waals surface area contributed by atoms with Gasteiger partial charge in [-0.15, -0.1) is 0 Å². The van der Waals surface area contributed by atoms with Crippen LogP contribution in [0.15, 0.2) is 0 Å². The number of nitrogens with one attached hydrogen (secondary N) is 2. The minimum absolute atomic E-state index is 0.215. The van der Waals surface area contributed by atoms with Gasteiger partial charge in [0.15, 0.2) is 0 Å². The molecule has 1 aliphatic heterocycles. The lowest BCUT2D eigenvalue weighted by atomic mass is 9.74. The van der Waals surface area contributed by atoms with E-state index in [1.165, 1.54) is 6.42 Å². The monoisotopic (exact) mass is 258 g/mol. The second-order valence-electron chi connectivity index (χ2n) is 5.37. The Morgan fingerprint density at radius 3 is 2.88 bits per heavy atom. The molecular formula is C13H26N2OS. The van der Waals surface area contributed by atoms with Gasteiger partial charge < -0.3 is 10.6 Å². The van der Waals surface area contributed by atoms with E-state index in [-0.39, 0.29) is 11.3 Å². The third kappa shape index (κ3) is 4.51. The molecule has 0 saturated carbocycles. The highest BCUT2D eigenvalue weighted by Crippen LogP contribution is 2.31. The van der Waals surface area contributed by atoms with Gasteiger partial charge in [0.05, 0.1) is 0 Å². The molecule has 2 N–H and O–H groups in total. The van der Waals surface area contributed by atoms with Gasteiger partial charge in [0.25, 0.3) is 0 Å². The number of hydrogen-bond acceptors (Lipinski definition) is 3. The van der Waals surface area contributed by atoms with Crippen LogP contribution in [0.25, 0.3) is 0 Å². The number of carbonyl (C=O) groups is 1. The molecule has 0 aliphatic carbocycles. The molecule has 0 radical (unpaired) electrons. The third-order valence-corrected chi connectivity index (χ3v) is 4.41. The summed E-state index contributed by atoms with van der Waals surface area (Å²) in [5.41, 5.74) is -0.243. The summed E-state index contributed by atoms with van der Waals surface area (Å²) in [5.74, 6) is 1.80. The minimum Gasteiger partial charge on any atom is -0.356 e. The maximum absolute atomic E-state index is 12.2. The van der Waals surface area contributed by atoms with Crippen molar-refractivity contribution in [3.63, 3.8) is 0 Å². The molecule has 0 spiro atoms. The van der Waals surface area contributed by atoms with Crippen LogP contribution in [0, 0.1) is 11.3 Å². The van der Waals surface area contributed by atoms with Gasteiger partial charge in [-0.25, -0.2) is 0 Å². The summed E-state index contributed by atoms with van der Waals surface area (Å²) in [5, 5.41) is 6.46. The van der Waals surface area contributed by atoms with Crippen LogP contribution in [0.1, 0.15) is 33.1 Å². The molecule has 1 unspecified atom stereocenters. The smallest absolute Gasteiger partial charge is 0.225 e. The molecule has 3 nitrogen and oxygen atoms in total. The second kappa shape index (κ2) is 7.27. The Balaban J connectivity index is 2.36. The summed E-state index contributed by atoms with van der Waals surface area (Å²) in [6, 6.07) is 0. The normalized spacial score (nSPS) is 21.2. The van der Waals surface area contributed by atoms with Gasteiger partial charge in [-0.1, -0.05) is 13.8 Å². The Morgan fingerprint density at radius 1 is 1.53 bits per heavy atom. The molecule has 0 bridgehead atoms. The van der Waals surface area contributed by atoms with Crippen molar-refractivity contribution in [2.75, 3.05) is 31.6 Å². The first-order valence-corrected chi connectivity index (χ1v) is 7.96. The van der Waals surface area contributed by atoms with Crippen molar-refractivity contribution < 1.29 is 4.79 Å². The van der Waals surface area contributed by atoms with Crippen LogP contribution >= 0.6 is 11.8 Å². The number of thioether (sulfide) groups is 1. The van der Waals surface area contributed by atoms with E-state index in [0.717, 1.165) is 38.2 Å². The number of rotatable bonds is 6. The zero-order valence-corrected chi connectivity index (χ0v) is 12.2. The van der Waals surface area contributed by atoms with E-state index in [4.69, 9.17) is 0 Å². The van der Waals surface area contributed by atoms with E-state index >= 15 is 0 Å². The fourth-order valence-electron chi connectivity index (χ4n) is 2.30. The highest BCUT2D eigenvalue weighted by atomic mass is 32.2. The van der Waals surface area contributed by atoms with Crippen LogP contribution in [-0.4, -0.2) is 37.6 Å². The summed E-state index contributed by atoms with van der Waals surface area (Å²) in [6.07, 6.45) is 5.51. The average molecular weight is 258 g/mol. The minimum atomic E-state index is -0.243. The molecule has 1 saturated heterocycles. The number of piperidine rings is 1. The molecule has 0 aromatic rings. The van der Waals surface area contributed by atoms with Gasteiger partial charge in [-0.2, -0.15) is 11.8 Å². The Labute approximate surface area is 109 Å². The van der Waals surface area contributed by atoms with Crippen LogP contribution < -0.4 is 10.6 Å². The molecule has 1 aliphatic rings. The van der Waals surface area contributed by atoms with Crippen LogP contribution in [0.4, 0.5) is 0 Å². The molecule has 4 heteroatoms. The predicted molar refractivity (Wildman–Crippen MR) is 75.4 cm³/mol. The number of hydrogen-bond donors (Lipinski definition) is 2. The van der Waals surface area contributed by atoms with Gasteiger partial charge in [0.2, 0.25) is 5.91 Å². The van der Waals surface area contributed by atoms with E-state index in [2.05, 4.69) is 30.7 Å². The standard InChI is InChI=1S/C13H26N2OS/c1-13(2,11-6-4-7-14-10-11)12(16)15-8-5-9-17-3/h11,14H,4-10H2,1-3H3,(H,15,16). The van der Waals surface area contributed by atoms with Crippen LogP contribution in [-0.2, 0) is 4.79 Å². The molecule has 1 atom stereocenters. The van der Waals surface area contributed by atoms with Crippen LogP contribution in [0.3, 0.4) is 0 Å². The molecule has 17 heavy (non-hydrogen) atoms. The second-order valence-corrected chi connectivity index (χ2v) is 6.35. The van der Waals surface area contributed by atoms with Crippen molar-refractivity contribution in [3.05, 3.63) is 0 Å². The molecule has 100 valence electrons. The Hall–Kier alpha value is -0.220. The van der Waals surface area contributed by atoms with E-state index in [0.29, 0.717) is 5.92 Å². The van der Waals surface area contributed by atoms with E-state index in [9.17, 15) is 4.79 Å². The molecule has 0 aromatic heterocycles. The number of amides is 1. The zero-order valence-electron chi connectivity index (χ0n) is 11.3. The quantitative estimate of drug-likeness (QED) is 0.715. The van der Waals surface area contributed by atoms with Gasteiger partial charge in [0.1, 0.15) is 0 Å². The lowest BCUT2D eigenvalue weighted by molar-refractivity contribution is -0.132. The summed E-state index contributed by atoms with van der Waals surface area (Å²) in [7, 11) is 0. The van der Waals surface area contributed by atoms with Crippen molar-refractivity contribution in [1.82, 2.24) is 10.6 Å². The molecular weight excluding hydrogens is 232 g/mol. The maximum Gasteiger partial charge on any atom is 0.225 e. The average Bonchev–Trinajstić information content (AvgIpc) is 2.35. The van der Waals surface area contributed by atoms with Crippen molar-refractivity contribution in [2.45, 2.75) is 33.1 Å². The third-order valence-electron chi connectivity index (χ3n) is 3.71. The van der Waals surface area contributed by atoms with Crippen LogP contribution in [0.5, 0.6) is 0 Å². The first-order valence-electron chi connectivity index (χ1n) is 6.57. The molecule has 1 amide bonds. The Morgan fingerprint density at radius 2 is 2.29 bits per heavy atom. The van der Waals surface area contributed by atoms with Crippen molar-refractivity contribution in [2.24, 2.45) is 11.3 Å². The zero-order chi connectivity index (χ0) is 12.7. The fraction of sp³-hybridized carbons (Fsp3) is 0.923. The van der Waals surface area contributed by atoms with Crippen molar-refractivity contribution in [3.8, 4) is 0 Å². The SMILES string of the molecule is CSCCCNC(=O)C(C)(C)C1CCCNC1. The Kier molecular flexibility index (Phi) is 6.34. The summed E-state index contributed by atoms with van der Waals surface area (Å²) < 4.78 is 0. The van der Waals surface area contributed by atoms with Crippen molar-refractivity contribution in [1.29, 1.82) is 0 Å². The first-order chi connectivity index (χ1) is 8.09. The highest BCUT2D eigenvalue weighted by Gasteiger charge is 2.36. The Bertz CT molecular complexity index is 238. The van der Waals surface area contributed by atoms with E-state index in [1.54, 1.807) is 0 Å². The summed E-state index contributed by atoms with van der Waals surface area (Å²) >= 11 is 1.83. The van der Waals surface area contributed by atoms with Gasteiger partial charge in [0, 0.05) is 12.0 Å². The van der Waals surface area contributed by atoms with Crippen LogP contribution in [0.2, 0.25) is 0 Å². The van der Waals surface area contributed by atoms with Gasteiger partial charge in [-0.3, -0.25) is 4.79 Å². The predicted octanol–water partition coefficient (Wildman–Crippen LogP) is 1.88. The van der Waals surface area contributed by atoms with E-state index < -0.39 is 0 Å². The highest BCUT2D eigenvalue weighted by molar-refractivity contribution is 7.98.